The number of anilines is 1. The van der Waals surface area contributed by atoms with Crippen LogP contribution in [0.5, 0.6) is 5.75 Å². The molecule has 4 aromatic rings. The van der Waals surface area contributed by atoms with Gasteiger partial charge in [0.2, 0.25) is 5.91 Å². The Hall–Kier alpha value is -3.17. The number of aryl methyl sites for hydroxylation is 2. The first kappa shape index (κ1) is 25.9. The standard InChI is InChI=1S/C27H31N5O2S2/c1-5-7-14-34-22-12-10-20(11-13-22)25-30-31-27(32(25)6-2)36-17-24(33)29-26-28-23(16-35-26)21-9-8-18(3)19(4)15-21/h8-13,15-16H,5-7,14,17H2,1-4H3,(H,28,29,33). The van der Waals surface area contributed by atoms with Crippen molar-refractivity contribution >= 4 is 34.1 Å². The van der Waals surface area contributed by atoms with Crippen LogP contribution in [-0.2, 0) is 11.3 Å². The quantitative estimate of drug-likeness (QED) is 0.177. The maximum atomic E-state index is 12.6. The number of amides is 1. The van der Waals surface area contributed by atoms with Crippen molar-refractivity contribution in [3.05, 3.63) is 59.0 Å². The van der Waals surface area contributed by atoms with Gasteiger partial charge in [-0.2, -0.15) is 0 Å². The highest BCUT2D eigenvalue weighted by atomic mass is 32.2. The summed E-state index contributed by atoms with van der Waals surface area (Å²) in [5, 5.41) is 14.9. The van der Waals surface area contributed by atoms with Crippen molar-refractivity contribution in [2.24, 2.45) is 0 Å². The van der Waals surface area contributed by atoms with E-state index in [1.54, 1.807) is 0 Å². The first-order chi connectivity index (χ1) is 17.5. The van der Waals surface area contributed by atoms with Gasteiger partial charge >= 0.3 is 0 Å². The Morgan fingerprint density at radius 1 is 1.06 bits per heavy atom. The Labute approximate surface area is 220 Å². The summed E-state index contributed by atoms with van der Waals surface area (Å²) in [4.78, 5) is 17.2. The Morgan fingerprint density at radius 2 is 1.83 bits per heavy atom. The van der Waals surface area contributed by atoms with Crippen molar-refractivity contribution in [2.75, 3.05) is 17.7 Å². The number of nitrogens with one attached hydrogen (secondary N) is 1. The number of hydrogen-bond donors (Lipinski definition) is 1. The van der Waals surface area contributed by atoms with Crippen LogP contribution in [0, 0.1) is 13.8 Å². The minimum absolute atomic E-state index is 0.123. The number of thioether (sulfide) groups is 1. The van der Waals surface area contributed by atoms with E-state index in [1.165, 1.54) is 34.2 Å². The predicted octanol–water partition coefficient (Wildman–Crippen LogP) is 6.62. The van der Waals surface area contributed by atoms with Crippen LogP contribution in [0.15, 0.2) is 53.0 Å². The summed E-state index contributed by atoms with van der Waals surface area (Å²) in [5.41, 5.74) is 5.34. The van der Waals surface area contributed by atoms with E-state index in [-0.39, 0.29) is 11.7 Å². The minimum atomic E-state index is -0.123. The first-order valence-electron chi connectivity index (χ1n) is 12.1. The van der Waals surface area contributed by atoms with Crippen LogP contribution < -0.4 is 10.1 Å². The number of ether oxygens (including phenoxy) is 1. The molecule has 2 aromatic heterocycles. The number of aromatic nitrogens is 4. The third kappa shape index (κ3) is 6.33. The van der Waals surface area contributed by atoms with E-state index in [2.05, 4.69) is 59.5 Å². The lowest BCUT2D eigenvalue weighted by molar-refractivity contribution is -0.113. The third-order valence-electron chi connectivity index (χ3n) is 5.80. The van der Waals surface area contributed by atoms with E-state index < -0.39 is 0 Å². The van der Waals surface area contributed by atoms with Gasteiger partial charge in [0.1, 0.15) is 5.75 Å². The molecule has 0 unspecified atom stereocenters. The maximum absolute atomic E-state index is 12.6. The molecule has 0 saturated carbocycles. The Balaban J connectivity index is 1.36. The highest BCUT2D eigenvalue weighted by molar-refractivity contribution is 7.99. The van der Waals surface area contributed by atoms with Crippen molar-refractivity contribution in [3.63, 3.8) is 0 Å². The van der Waals surface area contributed by atoms with Gasteiger partial charge in [-0.05, 0) is 68.7 Å². The molecule has 1 N–H and O–H groups in total. The fraction of sp³-hybridized carbons (Fsp3) is 0.333. The lowest BCUT2D eigenvalue weighted by Crippen LogP contribution is -2.14. The van der Waals surface area contributed by atoms with E-state index in [0.717, 1.165) is 47.8 Å². The summed E-state index contributed by atoms with van der Waals surface area (Å²) in [6.07, 6.45) is 2.14. The molecule has 36 heavy (non-hydrogen) atoms. The van der Waals surface area contributed by atoms with Crippen LogP contribution >= 0.6 is 23.1 Å². The van der Waals surface area contributed by atoms with Crippen molar-refractivity contribution < 1.29 is 9.53 Å². The summed E-state index contributed by atoms with van der Waals surface area (Å²) in [6, 6.07) is 14.2. The molecule has 4 rings (SSSR count). The summed E-state index contributed by atoms with van der Waals surface area (Å²) < 4.78 is 7.77. The molecule has 0 aliphatic carbocycles. The second-order valence-corrected chi connectivity index (χ2v) is 10.3. The zero-order chi connectivity index (χ0) is 25.5. The summed E-state index contributed by atoms with van der Waals surface area (Å²) >= 11 is 2.79. The van der Waals surface area contributed by atoms with Crippen LogP contribution in [0.3, 0.4) is 0 Å². The van der Waals surface area contributed by atoms with E-state index in [1.807, 2.05) is 41.1 Å². The van der Waals surface area contributed by atoms with Gasteiger partial charge in [-0.15, -0.1) is 21.5 Å². The number of unbranched alkanes of at least 4 members (excludes halogenated alkanes) is 1. The average Bonchev–Trinajstić information content (AvgIpc) is 3.52. The molecule has 2 heterocycles. The van der Waals surface area contributed by atoms with Crippen LogP contribution in [0.2, 0.25) is 0 Å². The van der Waals surface area contributed by atoms with Crippen molar-refractivity contribution in [1.29, 1.82) is 0 Å². The number of thiazole rings is 1. The monoisotopic (exact) mass is 521 g/mol. The van der Waals surface area contributed by atoms with Crippen LogP contribution in [0.25, 0.3) is 22.6 Å². The molecule has 7 nitrogen and oxygen atoms in total. The molecule has 0 atom stereocenters. The highest BCUT2D eigenvalue weighted by Gasteiger charge is 2.16. The van der Waals surface area contributed by atoms with E-state index in [4.69, 9.17) is 4.74 Å². The average molecular weight is 522 g/mol. The third-order valence-corrected chi connectivity index (χ3v) is 7.52. The molecule has 0 spiro atoms. The SMILES string of the molecule is CCCCOc1ccc(-c2nnc(SCC(=O)Nc3nc(-c4ccc(C)c(C)c4)cs3)n2CC)cc1. The van der Waals surface area contributed by atoms with E-state index in [9.17, 15) is 4.79 Å². The van der Waals surface area contributed by atoms with Crippen molar-refractivity contribution in [1.82, 2.24) is 19.7 Å². The molecule has 0 fully saturated rings. The molecule has 9 heteroatoms. The molecule has 1 amide bonds. The molecule has 0 aliphatic heterocycles. The fourth-order valence-electron chi connectivity index (χ4n) is 3.58. The molecule has 0 radical (unpaired) electrons. The molecular weight excluding hydrogens is 490 g/mol. The number of carbonyl (C=O) groups excluding carboxylic acids is 1. The van der Waals surface area contributed by atoms with Crippen LogP contribution in [0.1, 0.15) is 37.8 Å². The molecule has 0 saturated heterocycles. The highest BCUT2D eigenvalue weighted by Crippen LogP contribution is 2.28. The normalized spacial score (nSPS) is 11.0. The second kappa shape index (κ2) is 12.2. The minimum Gasteiger partial charge on any atom is -0.494 e. The number of hydrogen-bond acceptors (Lipinski definition) is 7. The largest absolute Gasteiger partial charge is 0.494 e. The maximum Gasteiger partial charge on any atom is 0.236 e. The number of carbonyl (C=O) groups is 1. The lowest BCUT2D eigenvalue weighted by atomic mass is 10.1. The zero-order valence-corrected chi connectivity index (χ0v) is 22.7. The predicted molar refractivity (Wildman–Crippen MR) is 148 cm³/mol. The molecule has 188 valence electrons. The van der Waals surface area contributed by atoms with Crippen molar-refractivity contribution in [3.8, 4) is 28.4 Å². The summed E-state index contributed by atoms with van der Waals surface area (Å²) in [6.45, 7) is 9.79. The van der Waals surface area contributed by atoms with Gasteiger partial charge in [-0.3, -0.25) is 4.79 Å². The van der Waals surface area contributed by atoms with Gasteiger partial charge in [0.25, 0.3) is 0 Å². The molecule has 0 aliphatic rings. The van der Waals surface area contributed by atoms with Gasteiger partial charge in [-0.25, -0.2) is 4.98 Å². The topological polar surface area (TPSA) is 81.9 Å². The van der Waals surface area contributed by atoms with Crippen LogP contribution in [-0.4, -0.2) is 38.0 Å². The summed E-state index contributed by atoms with van der Waals surface area (Å²) in [7, 11) is 0. The second-order valence-electron chi connectivity index (χ2n) is 8.45. The number of nitrogens with zero attached hydrogens (tertiary/aromatic N) is 4. The number of benzene rings is 2. The van der Waals surface area contributed by atoms with Gasteiger partial charge in [0.15, 0.2) is 16.1 Å². The van der Waals surface area contributed by atoms with Crippen molar-refractivity contribution in [2.45, 2.75) is 52.2 Å². The number of rotatable bonds is 11. The fourth-order valence-corrected chi connectivity index (χ4v) is 5.12. The van der Waals surface area contributed by atoms with Gasteiger partial charge in [0, 0.05) is 23.1 Å². The van der Waals surface area contributed by atoms with Crippen LogP contribution in [0.4, 0.5) is 5.13 Å². The molecular formula is C27H31N5O2S2. The summed E-state index contributed by atoms with van der Waals surface area (Å²) in [5.74, 6) is 1.73. The van der Waals surface area contributed by atoms with Gasteiger partial charge in [-0.1, -0.05) is 37.2 Å². The van der Waals surface area contributed by atoms with Gasteiger partial charge in [0.05, 0.1) is 18.1 Å². The first-order valence-corrected chi connectivity index (χ1v) is 14.0. The molecule has 2 aromatic carbocycles. The van der Waals surface area contributed by atoms with E-state index in [0.29, 0.717) is 16.8 Å². The Kier molecular flexibility index (Phi) is 8.77. The van der Waals surface area contributed by atoms with E-state index >= 15 is 0 Å². The Morgan fingerprint density at radius 3 is 2.56 bits per heavy atom. The smallest absolute Gasteiger partial charge is 0.236 e. The Bertz CT molecular complexity index is 1310. The van der Waals surface area contributed by atoms with Gasteiger partial charge < -0.3 is 14.6 Å². The zero-order valence-electron chi connectivity index (χ0n) is 21.1. The molecule has 0 bridgehead atoms. The lowest BCUT2D eigenvalue weighted by Gasteiger charge is -2.09.